The number of nitrogens with zero attached hydrogens (tertiary/aromatic N) is 2. The van der Waals surface area contributed by atoms with Crippen LogP contribution in [0.25, 0.3) is 10.6 Å². The summed E-state index contributed by atoms with van der Waals surface area (Å²) in [7, 11) is 0. The van der Waals surface area contributed by atoms with Crippen molar-refractivity contribution in [3.8, 4) is 15.8 Å². The number of ether oxygens (including phenoxy) is 1. The summed E-state index contributed by atoms with van der Waals surface area (Å²) in [5.74, 6) is 0. The SMILES string of the molecule is O=C(Nc1ccccc1)Oc1nnc(-c2ccccc2)s1. The number of benzene rings is 2. The zero-order valence-corrected chi connectivity index (χ0v) is 11.7. The lowest BCUT2D eigenvalue weighted by Gasteiger charge is -2.02. The third-order valence-electron chi connectivity index (χ3n) is 2.63. The minimum Gasteiger partial charge on any atom is -0.380 e. The predicted molar refractivity (Wildman–Crippen MR) is 81.4 cm³/mol. The van der Waals surface area contributed by atoms with Crippen molar-refractivity contribution in [3.05, 3.63) is 60.7 Å². The second-order valence-electron chi connectivity index (χ2n) is 4.12. The first-order valence-electron chi connectivity index (χ1n) is 6.24. The highest BCUT2D eigenvalue weighted by Gasteiger charge is 2.11. The van der Waals surface area contributed by atoms with Crippen LogP contribution in [0, 0.1) is 0 Å². The van der Waals surface area contributed by atoms with Crippen LogP contribution in [0.1, 0.15) is 0 Å². The maximum absolute atomic E-state index is 11.7. The highest BCUT2D eigenvalue weighted by molar-refractivity contribution is 7.16. The first-order chi connectivity index (χ1) is 10.3. The van der Waals surface area contributed by atoms with Crippen LogP contribution in [0.15, 0.2) is 60.7 Å². The lowest BCUT2D eigenvalue weighted by molar-refractivity contribution is 0.214. The summed E-state index contributed by atoms with van der Waals surface area (Å²) in [4.78, 5) is 11.7. The fourth-order valence-corrected chi connectivity index (χ4v) is 2.39. The maximum atomic E-state index is 11.7. The predicted octanol–water partition coefficient (Wildman–Crippen LogP) is 3.82. The average molecular weight is 297 g/mol. The summed E-state index contributed by atoms with van der Waals surface area (Å²) < 4.78 is 5.12. The summed E-state index contributed by atoms with van der Waals surface area (Å²) in [6.07, 6.45) is -0.586. The molecule has 0 bridgehead atoms. The monoisotopic (exact) mass is 297 g/mol. The Labute approximate surface area is 125 Å². The molecule has 3 rings (SSSR count). The van der Waals surface area contributed by atoms with Gasteiger partial charge >= 0.3 is 11.3 Å². The van der Waals surface area contributed by atoms with E-state index >= 15 is 0 Å². The molecule has 0 saturated heterocycles. The zero-order chi connectivity index (χ0) is 14.5. The highest BCUT2D eigenvalue weighted by atomic mass is 32.1. The summed E-state index contributed by atoms with van der Waals surface area (Å²) in [6.45, 7) is 0. The van der Waals surface area contributed by atoms with Crippen LogP contribution in [-0.2, 0) is 0 Å². The second kappa shape index (κ2) is 6.15. The van der Waals surface area contributed by atoms with E-state index in [-0.39, 0.29) is 5.19 Å². The van der Waals surface area contributed by atoms with E-state index in [1.165, 1.54) is 11.3 Å². The lowest BCUT2D eigenvalue weighted by atomic mass is 10.2. The van der Waals surface area contributed by atoms with Crippen molar-refractivity contribution in [2.45, 2.75) is 0 Å². The van der Waals surface area contributed by atoms with E-state index in [1.54, 1.807) is 12.1 Å². The third-order valence-corrected chi connectivity index (χ3v) is 3.48. The molecule has 6 heteroatoms. The molecule has 0 spiro atoms. The number of hydrogen-bond acceptors (Lipinski definition) is 5. The molecule has 0 aliphatic rings. The Balaban J connectivity index is 1.66. The van der Waals surface area contributed by atoms with Gasteiger partial charge in [-0.25, -0.2) is 4.79 Å². The number of amides is 1. The number of nitrogens with one attached hydrogen (secondary N) is 1. The van der Waals surface area contributed by atoms with E-state index in [0.717, 1.165) is 5.56 Å². The molecule has 3 aromatic rings. The van der Waals surface area contributed by atoms with Gasteiger partial charge in [0.1, 0.15) is 0 Å². The number of carbonyl (C=O) groups is 1. The summed E-state index contributed by atoms with van der Waals surface area (Å²) in [6, 6.07) is 18.7. The molecule has 1 N–H and O–H groups in total. The first kappa shape index (κ1) is 13.3. The van der Waals surface area contributed by atoms with Crippen LogP contribution in [0.3, 0.4) is 0 Å². The topological polar surface area (TPSA) is 64.1 Å². The molecule has 0 unspecified atom stereocenters. The average Bonchev–Trinajstić information content (AvgIpc) is 2.97. The summed E-state index contributed by atoms with van der Waals surface area (Å²) in [5, 5.41) is 11.4. The Hall–Kier alpha value is -2.73. The van der Waals surface area contributed by atoms with Gasteiger partial charge < -0.3 is 4.74 Å². The molecule has 0 atom stereocenters. The fraction of sp³-hybridized carbons (Fsp3) is 0. The minimum atomic E-state index is -0.586. The molecule has 0 fully saturated rings. The van der Waals surface area contributed by atoms with E-state index < -0.39 is 6.09 Å². The number of anilines is 1. The Morgan fingerprint density at radius 2 is 1.62 bits per heavy atom. The lowest BCUT2D eigenvalue weighted by Crippen LogP contribution is -2.16. The molecule has 2 aromatic carbocycles. The Kier molecular flexibility index (Phi) is 3.88. The normalized spacial score (nSPS) is 10.1. The van der Waals surface area contributed by atoms with Crippen LogP contribution in [-0.4, -0.2) is 16.3 Å². The van der Waals surface area contributed by atoms with Crippen molar-refractivity contribution in [1.29, 1.82) is 0 Å². The van der Waals surface area contributed by atoms with Crippen molar-refractivity contribution in [2.24, 2.45) is 0 Å². The largest absolute Gasteiger partial charge is 0.419 e. The van der Waals surface area contributed by atoms with Gasteiger partial charge in [-0.05, 0) is 12.1 Å². The molecule has 0 aliphatic carbocycles. The van der Waals surface area contributed by atoms with Gasteiger partial charge in [-0.3, -0.25) is 5.32 Å². The molecule has 5 nitrogen and oxygen atoms in total. The van der Waals surface area contributed by atoms with Crippen molar-refractivity contribution in [3.63, 3.8) is 0 Å². The van der Waals surface area contributed by atoms with Gasteiger partial charge in [-0.15, -0.1) is 5.10 Å². The molecule has 0 radical (unpaired) electrons. The van der Waals surface area contributed by atoms with Crippen LogP contribution in [0.2, 0.25) is 0 Å². The van der Waals surface area contributed by atoms with E-state index in [1.807, 2.05) is 48.5 Å². The summed E-state index contributed by atoms with van der Waals surface area (Å²) >= 11 is 1.22. The standard InChI is InChI=1S/C15H11N3O2S/c19-14(16-12-9-5-2-6-10-12)20-15-18-17-13(21-15)11-7-3-1-4-8-11/h1-10H,(H,16,19). The molecule has 104 valence electrons. The molecule has 0 aliphatic heterocycles. The van der Waals surface area contributed by atoms with E-state index in [2.05, 4.69) is 15.5 Å². The highest BCUT2D eigenvalue weighted by Crippen LogP contribution is 2.27. The minimum absolute atomic E-state index is 0.210. The summed E-state index contributed by atoms with van der Waals surface area (Å²) in [5.41, 5.74) is 1.60. The molecule has 21 heavy (non-hydrogen) atoms. The smallest absolute Gasteiger partial charge is 0.380 e. The van der Waals surface area contributed by atoms with Gasteiger partial charge in [-0.2, -0.15) is 0 Å². The molecular formula is C15H11N3O2S. The quantitative estimate of drug-likeness (QED) is 0.798. The molecular weight excluding hydrogens is 286 g/mol. The van der Waals surface area contributed by atoms with Crippen molar-refractivity contribution in [2.75, 3.05) is 5.32 Å². The molecule has 0 saturated carbocycles. The van der Waals surface area contributed by atoms with Crippen molar-refractivity contribution >= 4 is 23.1 Å². The van der Waals surface area contributed by atoms with E-state index in [4.69, 9.17) is 4.74 Å². The second-order valence-corrected chi connectivity index (χ2v) is 5.06. The van der Waals surface area contributed by atoms with Crippen LogP contribution < -0.4 is 10.1 Å². The van der Waals surface area contributed by atoms with Crippen molar-refractivity contribution in [1.82, 2.24) is 10.2 Å². The number of aromatic nitrogens is 2. The number of para-hydroxylation sites is 1. The van der Waals surface area contributed by atoms with Crippen LogP contribution in [0.4, 0.5) is 10.5 Å². The fourth-order valence-electron chi connectivity index (χ4n) is 1.69. The molecule has 1 amide bonds. The maximum Gasteiger partial charge on any atom is 0.419 e. The number of rotatable bonds is 3. The first-order valence-corrected chi connectivity index (χ1v) is 7.06. The number of hydrogen-bond donors (Lipinski definition) is 1. The Morgan fingerprint density at radius 3 is 2.33 bits per heavy atom. The van der Waals surface area contributed by atoms with Crippen LogP contribution >= 0.6 is 11.3 Å². The van der Waals surface area contributed by atoms with Crippen molar-refractivity contribution < 1.29 is 9.53 Å². The van der Waals surface area contributed by atoms with Gasteiger partial charge in [0.2, 0.25) is 0 Å². The van der Waals surface area contributed by atoms with Gasteiger partial charge in [0.15, 0.2) is 5.01 Å². The van der Waals surface area contributed by atoms with E-state index in [9.17, 15) is 4.79 Å². The Bertz CT molecular complexity index is 729. The van der Waals surface area contributed by atoms with Gasteiger partial charge in [0.25, 0.3) is 0 Å². The Morgan fingerprint density at radius 1 is 0.952 bits per heavy atom. The van der Waals surface area contributed by atoms with E-state index in [0.29, 0.717) is 10.7 Å². The molecule has 1 heterocycles. The van der Waals surface area contributed by atoms with Gasteiger partial charge in [-0.1, -0.05) is 65.0 Å². The number of carbonyl (C=O) groups excluding carboxylic acids is 1. The van der Waals surface area contributed by atoms with Gasteiger partial charge in [0.05, 0.1) is 0 Å². The molecule has 1 aromatic heterocycles. The zero-order valence-electron chi connectivity index (χ0n) is 10.9. The van der Waals surface area contributed by atoms with Crippen LogP contribution in [0.5, 0.6) is 5.19 Å². The third kappa shape index (κ3) is 3.43. The van der Waals surface area contributed by atoms with Gasteiger partial charge in [0, 0.05) is 11.3 Å².